The van der Waals surface area contributed by atoms with Crippen LogP contribution in [-0.4, -0.2) is 12.5 Å². The van der Waals surface area contributed by atoms with E-state index in [0.717, 1.165) is 4.47 Å². The molecule has 15 heavy (non-hydrogen) atoms. The largest absolute Gasteiger partial charge is 0.398 e. The zero-order valence-electron chi connectivity index (χ0n) is 7.59. The van der Waals surface area contributed by atoms with Gasteiger partial charge in [-0.2, -0.15) is 13.2 Å². The lowest BCUT2D eigenvalue weighted by molar-refractivity contribution is -0.174. The van der Waals surface area contributed by atoms with Crippen LogP contribution in [0, 0.1) is 5.92 Å². The van der Waals surface area contributed by atoms with Gasteiger partial charge >= 0.3 is 6.18 Å². The third-order valence-electron chi connectivity index (χ3n) is 1.95. The Kier molecular flexibility index (Phi) is 3.90. The van der Waals surface area contributed by atoms with Crippen LogP contribution in [0.5, 0.6) is 0 Å². The van der Waals surface area contributed by atoms with Gasteiger partial charge in [0, 0.05) is 4.47 Å². The average Bonchev–Trinajstić information content (AvgIpc) is 2.15. The highest BCUT2D eigenvalue weighted by molar-refractivity contribution is 9.10. The normalized spacial score (nSPS) is 13.6. The highest BCUT2D eigenvalue weighted by Crippen LogP contribution is 2.27. The molecule has 0 aliphatic heterocycles. The fourth-order valence-corrected chi connectivity index (χ4v) is 1.38. The molecule has 1 aromatic rings. The van der Waals surface area contributed by atoms with Gasteiger partial charge in [0.2, 0.25) is 0 Å². The molecular weight excluding hydrogens is 273 g/mol. The highest BCUT2D eigenvalue weighted by Gasteiger charge is 2.39. The third-order valence-corrected chi connectivity index (χ3v) is 2.48. The van der Waals surface area contributed by atoms with Crippen LogP contribution >= 0.6 is 15.9 Å². The van der Waals surface area contributed by atoms with Gasteiger partial charge in [0.1, 0.15) is 12.2 Å². The highest BCUT2D eigenvalue weighted by atomic mass is 79.9. The Morgan fingerprint density at radius 3 is 2.20 bits per heavy atom. The fourth-order valence-electron chi connectivity index (χ4n) is 1.12. The lowest BCUT2D eigenvalue weighted by Crippen LogP contribution is -2.26. The minimum atomic E-state index is -4.46. The number of alkyl halides is 3. The lowest BCUT2D eigenvalue weighted by atomic mass is 10.0. The molecule has 0 amide bonds. The molecule has 5 heteroatoms. The second-order valence-electron chi connectivity index (χ2n) is 3.11. The van der Waals surface area contributed by atoms with Crippen LogP contribution in [0.25, 0.3) is 0 Å². The van der Waals surface area contributed by atoms with Crippen LogP contribution < -0.4 is 0 Å². The summed E-state index contributed by atoms with van der Waals surface area (Å²) in [6, 6.07) is 6.42. The summed E-state index contributed by atoms with van der Waals surface area (Å²) in [5, 5.41) is 0. The molecule has 1 nitrogen and oxygen atoms in total. The Balaban J connectivity index is 2.76. The van der Waals surface area contributed by atoms with Gasteiger partial charge in [-0.05, 0) is 24.1 Å². The molecule has 0 N–H and O–H groups in total. The van der Waals surface area contributed by atoms with Crippen molar-refractivity contribution in [2.24, 2.45) is 5.92 Å². The van der Waals surface area contributed by atoms with Gasteiger partial charge < -0.3 is 4.79 Å². The quantitative estimate of drug-likeness (QED) is 0.776. The molecule has 0 spiro atoms. The topological polar surface area (TPSA) is 17.1 Å². The first-order valence-electron chi connectivity index (χ1n) is 4.20. The van der Waals surface area contributed by atoms with Gasteiger partial charge in [0.15, 0.2) is 0 Å². The number of benzene rings is 1. The summed E-state index contributed by atoms with van der Waals surface area (Å²) in [6.07, 6.45) is -4.82. The number of carbonyl (C=O) groups excluding carboxylic acids is 1. The van der Waals surface area contributed by atoms with Gasteiger partial charge in [-0.3, -0.25) is 0 Å². The maximum Gasteiger partial charge on any atom is 0.398 e. The van der Waals surface area contributed by atoms with Crippen molar-refractivity contribution >= 4 is 22.2 Å². The lowest BCUT2D eigenvalue weighted by Gasteiger charge is -2.14. The van der Waals surface area contributed by atoms with Crippen molar-refractivity contribution in [1.82, 2.24) is 0 Å². The van der Waals surface area contributed by atoms with E-state index in [2.05, 4.69) is 15.9 Å². The summed E-state index contributed by atoms with van der Waals surface area (Å²) in [5.74, 6) is -1.92. The van der Waals surface area contributed by atoms with Crippen molar-refractivity contribution in [3.8, 4) is 0 Å². The molecule has 0 heterocycles. The van der Waals surface area contributed by atoms with Crippen molar-refractivity contribution < 1.29 is 18.0 Å². The van der Waals surface area contributed by atoms with Crippen molar-refractivity contribution in [2.75, 3.05) is 0 Å². The third kappa shape index (κ3) is 3.66. The number of hydrogen-bond donors (Lipinski definition) is 0. The van der Waals surface area contributed by atoms with Crippen LogP contribution in [0.3, 0.4) is 0 Å². The molecule has 0 bridgehead atoms. The van der Waals surface area contributed by atoms with Gasteiger partial charge in [-0.1, -0.05) is 28.1 Å². The number of rotatable bonds is 3. The van der Waals surface area contributed by atoms with E-state index in [1.54, 1.807) is 24.3 Å². The molecule has 0 aromatic heterocycles. The molecule has 0 saturated heterocycles. The van der Waals surface area contributed by atoms with E-state index in [-0.39, 0.29) is 12.7 Å². The van der Waals surface area contributed by atoms with Crippen LogP contribution in [0.2, 0.25) is 0 Å². The summed E-state index contributed by atoms with van der Waals surface area (Å²) in [5.41, 5.74) is 0.493. The molecule has 1 atom stereocenters. The average molecular weight is 281 g/mol. The molecule has 82 valence electrons. The number of carbonyl (C=O) groups is 1. The summed E-state index contributed by atoms with van der Waals surface area (Å²) >= 11 is 3.18. The summed E-state index contributed by atoms with van der Waals surface area (Å²) < 4.78 is 37.5. The van der Waals surface area contributed by atoms with E-state index < -0.39 is 12.1 Å². The first-order valence-corrected chi connectivity index (χ1v) is 4.99. The van der Waals surface area contributed by atoms with Gasteiger partial charge in [-0.25, -0.2) is 0 Å². The van der Waals surface area contributed by atoms with Crippen LogP contribution in [0.4, 0.5) is 13.2 Å². The Morgan fingerprint density at radius 1 is 1.27 bits per heavy atom. The Hall–Kier alpha value is -0.840. The predicted octanol–water partition coefficient (Wildman–Crippen LogP) is 3.37. The van der Waals surface area contributed by atoms with Crippen LogP contribution in [0.1, 0.15) is 5.56 Å². The maximum atomic E-state index is 12.2. The zero-order chi connectivity index (χ0) is 11.5. The fraction of sp³-hybridized carbons (Fsp3) is 0.300. The van der Waals surface area contributed by atoms with E-state index in [1.165, 1.54) is 0 Å². The monoisotopic (exact) mass is 280 g/mol. The number of halogens is 4. The second-order valence-corrected chi connectivity index (χ2v) is 4.03. The van der Waals surface area contributed by atoms with E-state index in [0.29, 0.717) is 5.56 Å². The first kappa shape index (κ1) is 12.2. The molecule has 0 saturated carbocycles. The molecule has 0 aliphatic rings. The molecule has 1 aromatic carbocycles. The van der Waals surface area contributed by atoms with E-state index in [9.17, 15) is 18.0 Å². The Labute approximate surface area is 93.4 Å². The summed E-state index contributed by atoms with van der Waals surface area (Å²) in [4.78, 5) is 10.3. The summed E-state index contributed by atoms with van der Waals surface area (Å²) in [6.45, 7) is 0. The Bertz CT molecular complexity index is 332. The van der Waals surface area contributed by atoms with E-state index in [1.807, 2.05) is 0 Å². The van der Waals surface area contributed by atoms with Gasteiger partial charge in [-0.15, -0.1) is 0 Å². The van der Waals surface area contributed by atoms with E-state index in [4.69, 9.17) is 0 Å². The molecule has 1 rings (SSSR count). The maximum absolute atomic E-state index is 12.2. The molecule has 0 fully saturated rings. The number of hydrogen-bond acceptors (Lipinski definition) is 1. The SMILES string of the molecule is O=CC(Cc1ccc(Br)cc1)C(F)(F)F. The molecular formula is C10H8BrF3O. The minimum Gasteiger partial charge on any atom is -0.303 e. The predicted molar refractivity (Wildman–Crippen MR) is 53.5 cm³/mol. The Morgan fingerprint density at radius 2 is 1.80 bits per heavy atom. The van der Waals surface area contributed by atoms with Crippen molar-refractivity contribution in [1.29, 1.82) is 0 Å². The van der Waals surface area contributed by atoms with E-state index >= 15 is 0 Å². The van der Waals surface area contributed by atoms with Gasteiger partial charge in [0.05, 0.1) is 0 Å². The zero-order valence-corrected chi connectivity index (χ0v) is 9.18. The smallest absolute Gasteiger partial charge is 0.303 e. The molecule has 0 aliphatic carbocycles. The summed E-state index contributed by atoms with van der Waals surface area (Å²) in [7, 11) is 0. The molecule has 0 radical (unpaired) electrons. The van der Waals surface area contributed by atoms with Crippen molar-refractivity contribution in [3.05, 3.63) is 34.3 Å². The first-order chi connectivity index (χ1) is 6.93. The second kappa shape index (κ2) is 4.79. The van der Waals surface area contributed by atoms with Crippen molar-refractivity contribution in [2.45, 2.75) is 12.6 Å². The molecule has 1 unspecified atom stereocenters. The minimum absolute atomic E-state index is 0.0535. The van der Waals surface area contributed by atoms with Gasteiger partial charge in [0.25, 0.3) is 0 Å². The number of aldehydes is 1. The standard InChI is InChI=1S/C10H8BrF3O/c11-9-3-1-7(2-4-9)5-8(6-15)10(12,13)14/h1-4,6,8H,5H2. The van der Waals surface area contributed by atoms with Crippen molar-refractivity contribution in [3.63, 3.8) is 0 Å². The van der Waals surface area contributed by atoms with Crippen LogP contribution in [0.15, 0.2) is 28.7 Å². The van der Waals surface area contributed by atoms with Crippen LogP contribution in [-0.2, 0) is 11.2 Å².